The number of rotatable bonds is 4. The molecule has 0 bridgehead atoms. The summed E-state index contributed by atoms with van der Waals surface area (Å²) in [6.45, 7) is 3.13. The van der Waals surface area contributed by atoms with Gasteiger partial charge in [0.1, 0.15) is 6.04 Å². The summed E-state index contributed by atoms with van der Waals surface area (Å²) in [7, 11) is 0. The number of alkyl halides is 3. The number of thiazole rings is 1. The van der Waals surface area contributed by atoms with E-state index in [2.05, 4.69) is 10.3 Å². The van der Waals surface area contributed by atoms with Gasteiger partial charge in [-0.05, 0) is 31.6 Å². The van der Waals surface area contributed by atoms with Crippen LogP contribution < -0.4 is 10.6 Å². The first-order valence-electron chi connectivity index (χ1n) is 7.85. The van der Waals surface area contributed by atoms with Crippen LogP contribution >= 0.6 is 11.3 Å². The number of fused-ring (bicyclic) bond motifs is 1. The molecule has 2 rings (SSSR count). The van der Waals surface area contributed by atoms with Crippen LogP contribution in [-0.2, 0) is 22.4 Å². The molecule has 2 N–H and O–H groups in total. The molecule has 0 unspecified atom stereocenters. The third kappa shape index (κ3) is 4.68. The maximum atomic E-state index is 12.4. The smallest absolute Gasteiger partial charge is 0.336 e. The number of halogens is 3. The van der Waals surface area contributed by atoms with Crippen LogP contribution in [0.4, 0.5) is 18.3 Å². The highest BCUT2D eigenvalue weighted by molar-refractivity contribution is 7.15. The highest BCUT2D eigenvalue weighted by Gasteiger charge is 2.41. The van der Waals surface area contributed by atoms with Crippen molar-refractivity contribution in [2.75, 3.05) is 5.32 Å². The Balaban J connectivity index is 2.07. The number of nitrogens with zero attached hydrogens (tertiary/aromatic N) is 1. The van der Waals surface area contributed by atoms with Crippen LogP contribution in [0.2, 0.25) is 0 Å². The van der Waals surface area contributed by atoms with Crippen LogP contribution in [0.1, 0.15) is 43.7 Å². The van der Waals surface area contributed by atoms with Crippen LogP contribution in [0, 0.1) is 5.92 Å². The number of aromatic nitrogens is 1. The molecule has 0 saturated carbocycles. The monoisotopic (exact) mass is 363 g/mol. The lowest BCUT2D eigenvalue weighted by Crippen LogP contribution is -2.51. The largest absolute Gasteiger partial charge is 0.471 e. The second-order valence-corrected chi connectivity index (χ2v) is 7.22. The van der Waals surface area contributed by atoms with Gasteiger partial charge in [-0.15, -0.1) is 11.3 Å². The average molecular weight is 363 g/mol. The number of nitrogens with one attached hydrogen (secondary N) is 2. The zero-order valence-corrected chi connectivity index (χ0v) is 14.3. The van der Waals surface area contributed by atoms with E-state index in [1.54, 1.807) is 19.2 Å². The van der Waals surface area contributed by atoms with Gasteiger partial charge in [-0.2, -0.15) is 13.2 Å². The SMILES string of the molecule is CC(C)[C@H](NC(=O)C(F)(F)F)C(=O)Nc1nc2c(s1)CCCCC2. The molecule has 5 nitrogen and oxygen atoms in total. The predicted octanol–water partition coefficient (Wildman–Crippen LogP) is 3.05. The van der Waals surface area contributed by atoms with Crippen molar-refractivity contribution in [3.05, 3.63) is 10.6 Å². The zero-order valence-electron chi connectivity index (χ0n) is 13.5. The summed E-state index contributed by atoms with van der Waals surface area (Å²) in [4.78, 5) is 28.9. The second-order valence-electron chi connectivity index (χ2n) is 6.13. The molecule has 9 heteroatoms. The van der Waals surface area contributed by atoms with E-state index in [0.29, 0.717) is 5.13 Å². The summed E-state index contributed by atoms with van der Waals surface area (Å²) in [6, 6.07) is -1.28. The predicted molar refractivity (Wildman–Crippen MR) is 84.8 cm³/mol. The number of carbonyl (C=O) groups is 2. The highest BCUT2D eigenvalue weighted by atomic mass is 32.1. The number of aryl methyl sites for hydroxylation is 2. The average Bonchev–Trinajstić information content (AvgIpc) is 2.71. The number of hydrogen-bond acceptors (Lipinski definition) is 4. The molecule has 24 heavy (non-hydrogen) atoms. The van der Waals surface area contributed by atoms with Crippen molar-refractivity contribution in [3.63, 3.8) is 0 Å². The molecule has 0 aliphatic heterocycles. The second kappa shape index (κ2) is 7.50. The molecule has 0 fully saturated rings. The summed E-state index contributed by atoms with van der Waals surface area (Å²) < 4.78 is 37.2. The van der Waals surface area contributed by atoms with Gasteiger partial charge in [0.05, 0.1) is 5.69 Å². The van der Waals surface area contributed by atoms with Gasteiger partial charge in [0.15, 0.2) is 5.13 Å². The van der Waals surface area contributed by atoms with E-state index in [0.717, 1.165) is 42.7 Å². The fourth-order valence-corrected chi connectivity index (χ4v) is 3.58. The number of anilines is 1. The van der Waals surface area contributed by atoms with Gasteiger partial charge < -0.3 is 10.6 Å². The highest BCUT2D eigenvalue weighted by Crippen LogP contribution is 2.29. The van der Waals surface area contributed by atoms with Crippen LogP contribution in [0.15, 0.2) is 0 Å². The third-order valence-electron chi connectivity index (χ3n) is 3.82. The first-order chi connectivity index (χ1) is 11.2. The van der Waals surface area contributed by atoms with E-state index in [-0.39, 0.29) is 0 Å². The van der Waals surface area contributed by atoms with Gasteiger partial charge >= 0.3 is 12.1 Å². The Morgan fingerprint density at radius 2 is 1.83 bits per heavy atom. The lowest BCUT2D eigenvalue weighted by Gasteiger charge is -2.21. The Morgan fingerprint density at radius 1 is 1.17 bits per heavy atom. The van der Waals surface area contributed by atoms with Gasteiger partial charge in [0.2, 0.25) is 5.91 Å². The van der Waals surface area contributed by atoms with Crippen molar-refractivity contribution < 1.29 is 22.8 Å². The first-order valence-corrected chi connectivity index (χ1v) is 8.67. The molecule has 1 heterocycles. The number of carbonyl (C=O) groups excluding carboxylic acids is 2. The third-order valence-corrected chi connectivity index (χ3v) is 4.89. The fourth-order valence-electron chi connectivity index (χ4n) is 2.52. The molecular formula is C15H20F3N3O2S. The molecule has 134 valence electrons. The molecule has 0 spiro atoms. The fraction of sp³-hybridized carbons (Fsp3) is 0.667. The molecule has 0 saturated heterocycles. The minimum Gasteiger partial charge on any atom is -0.336 e. The van der Waals surface area contributed by atoms with E-state index in [1.165, 1.54) is 11.3 Å². The summed E-state index contributed by atoms with van der Waals surface area (Å²) in [6.07, 6.45) is -0.0176. The van der Waals surface area contributed by atoms with Crippen LogP contribution in [0.5, 0.6) is 0 Å². The van der Waals surface area contributed by atoms with E-state index in [9.17, 15) is 22.8 Å². The van der Waals surface area contributed by atoms with E-state index < -0.39 is 30.0 Å². The molecule has 1 aliphatic rings. The molecule has 1 aromatic heterocycles. The summed E-state index contributed by atoms with van der Waals surface area (Å²) in [5.41, 5.74) is 0.952. The molecule has 1 aliphatic carbocycles. The van der Waals surface area contributed by atoms with Crippen molar-refractivity contribution >= 4 is 28.3 Å². The van der Waals surface area contributed by atoms with Crippen molar-refractivity contribution in [2.45, 2.75) is 58.2 Å². The molecular weight excluding hydrogens is 343 g/mol. The molecule has 1 aromatic rings. The van der Waals surface area contributed by atoms with E-state index >= 15 is 0 Å². The van der Waals surface area contributed by atoms with Crippen molar-refractivity contribution in [2.24, 2.45) is 5.92 Å². The quantitative estimate of drug-likeness (QED) is 0.808. The Labute approximate surface area is 142 Å². The normalized spacial score (nSPS) is 16.2. The van der Waals surface area contributed by atoms with Crippen molar-refractivity contribution in [1.82, 2.24) is 10.3 Å². The summed E-state index contributed by atoms with van der Waals surface area (Å²) >= 11 is 1.35. The van der Waals surface area contributed by atoms with Gasteiger partial charge in [-0.25, -0.2) is 4.98 Å². The molecule has 2 amide bonds. The zero-order chi connectivity index (χ0) is 17.9. The lowest BCUT2D eigenvalue weighted by molar-refractivity contribution is -0.175. The van der Waals surface area contributed by atoms with Crippen LogP contribution in [-0.4, -0.2) is 29.0 Å². The Bertz CT molecular complexity index is 590. The molecule has 0 aromatic carbocycles. The maximum absolute atomic E-state index is 12.4. The lowest BCUT2D eigenvalue weighted by atomic mass is 10.0. The summed E-state index contributed by atoms with van der Waals surface area (Å²) in [5, 5.41) is 4.67. The minimum atomic E-state index is -5.02. The van der Waals surface area contributed by atoms with Crippen LogP contribution in [0.3, 0.4) is 0 Å². The first kappa shape index (κ1) is 18.7. The van der Waals surface area contributed by atoms with E-state index in [4.69, 9.17) is 0 Å². The molecule has 0 radical (unpaired) electrons. The van der Waals surface area contributed by atoms with Crippen molar-refractivity contribution in [1.29, 1.82) is 0 Å². The maximum Gasteiger partial charge on any atom is 0.471 e. The van der Waals surface area contributed by atoms with Gasteiger partial charge in [-0.3, -0.25) is 9.59 Å². The number of amides is 2. The van der Waals surface area contributed by atoms with Gasteiger partial charge in [-0.1, -0.05) is 20.3 Å². The standard InChI is InChI=1S/C15H20F3N3O2S/c1-8(2)11(20-13(23)15(16,17)18)12(22)21-14-19-9-6-4-3-5-7-10(9)24-14/h8,11H,3-7H2,1-2H3,(H,20,23)(H,19,21,22)/t11-/m0/s1. The Kier molecular flexibility index (Phi) is 5.84. The minimum absolute atomic E-state index is 0.374. The van der Waals surface area contributed by atoms with Crippen molar-refractivity contribution in [3.8, 4) is 0 Å². The van der Waals surface area contributed by atoms with Crippen LogP contribution in [0.25, 0.3) is 0 Å². The topological polar surface area (TPSA) is 71.1 Å². The van der Waals surface area contributed by atoms with Gasteiger partial charge in [0, 0.05) is 4.88 Å². The van der Waals surface area contributed by atoms with E-state index in [1.807, 2.05) is 0 Å². The van der Waals surface area contributed by atoms with Gasteiger partial charge in [0.25, 0.3) is 0 Å². The summed E-state index contributed by atoms with van der Waals surface area (Å²) in [5.74, 6) is -3.30. The Morgan fingerprint density at radius 3 is 2.46 bits per heavy atom. The molecule has 1 atom stereocenters. The Hall–Kier alpha value is -1.64. The number of hydrogen-bond donors (Lipinski definition) is 2.